The molecule has 0 radical (unpaired) electrons. The van der Waals surface area contributed by atoms with Crippen molar-refractivity contribution in [1.82, 2.24) is 10.2 Å². The van der Waals surface area contributed by atoms with Gasteiger partial charge < -0.3 is 10.4 Å². The zero-order chi connectivity index (χ0) is 11.8. The number of nitrogens with zero attached hydrogens (tertiary/aromatic N) is 1. The van der Waals surface area contributed by atoms with Crippen LogP contribution in [-0.4, -0.2) is 36.2 Å². The number of benzene rings is 1. The summed E-state index contributed by atoms with van der Waals surface area (Å²) in [6, 6.07) is 7.46. The van der Waals surface area contributed by atoms with Crippen LogP contribution in [-0.2, 0) is 6.54 Å². The Bertz CT molecular complexity index is 278. The lowest BCUT2D eigenvalue weighted by atomic mass is 10.2. The van der Waals surface area contributed by atoms with Crippen molar-refractivity contribution < 1.29 is 5.11 Å². The molecule has 16 heavy (non-hydrogen) atoms. The fourth-order valence-corrected chi connectivity index (χ4v) is 1.73. The molecule has 1 aromatic rings. The van der Waals surface area contributed by atoms with E-state index >= 15 is 0 Å². The molecule has 1 aromatic carbocycles. The molecule has 0 atom stereocenters. The van der Waals surface area contributed by atoms with Crippen molar-refractivity contribution in [2.45, 2.75) is 20.4 Å². The van der Waals surface area contributed by atoms with Crippen LogP contribution >= 0.6 is 0 Å². The summed E-state index contributed by atoms with van der Waals surface area (Å²) in [6.07, 6.45) is 0. The molecule has 0 aliphatic carbocycles. The van der Waals surface area contributed by atoms with Crippen molar-refractivity contribution >= 4 is 0 Å². The van der Waals surface area contributed by atoms with Crippen molar-refractivity contribution in [2.24, 2.45) is 0 Å². The Kier molecular flexibility index (Phi) is 5.90. The highest BCUT2D eigenvalue weighted by Gasteiger charge is 2.09. The van der Waals surface area contributed by atoms with E-state index < -0.39 is 0 Å². The van der Waals surface area contributed by atoms with Crippen molar-refractivity contribution in [3.63, 3.8) is 0 Å². The molecule has 3 nitrogen and oxygen atoms in total. The molecule has 2 rings (SSSR count). The molecule has 0 saturated carbocycles. The van der Waals surface area contributed by atoms with Crippen LogP contribution in [0, 0.1) is 0 Å². The molecule has 1 saturated heterocycles. The van der Waals surface area contributed by atoms with Crippen LogP contribution in [0.15, 0.2) is 24.3 Å². The van der Waals surface area contributed by atoms with Crippen molar-refractivity contribution in [3.8, 4) is 5.75 Å². The fraction of sp³-hybridized carbons (Fsp3) is 0.538. The summed E-state index contributed by atoms with van der Waals surface area (Å²) >= 11 is 0. The monoisotopic (exact) mass is 222 g/mol. The number of aromatic hydroxyl groups is 1. The van der Waals surface area contributed by atoms with E-state index in [4.69, 9.17) is 5.11 Å². The number of phenolic OH excluding ortho intramolecular Hbond substituents is 1. The number of piperazine rings is 1. The lowest BCUT2D eigenvalue weighted by molar-refractivity contribution is 0.233. The van der Waals surface area contributed by atoms with E-state index in [1.807, 2.05) is 26.0 Å². The first-order valence-electron chi connectivity index (χ1n) is 6.05. The number of phenols is 1. The first-order chi connectivity index (χ1) is 7.84. The highest BCUT2D eigenvalue weighted by molar-refractivity contribution is 5.25. The van der Waals surface area contributed by atoms with Gasteiger partial charge in [0, 0.05) is 32.7 Å². The maximum atomic E-state index is 9.14. The van der Waals surface area contributed by atoms with Gasteiger partial charge in [-0.3, -0.25) is 4.90 Å². The van der Waals surface area contributed by atoms with E-state index in [0.29, 0.717) is 5.75 Å². The summed E-state index contributed by atoms with van der Waals surface area (Å²) in [4.78, 5) is 2.42. The van der Waals surface area contributed by atoms with Crippen LogP contribution in [0.2, 0.25) is 0 Å². The van der Waals surface area contributed by atoms with Gasteiger partial charge in [-0.2, -0.15) is 0 Å². The second-order valence-electron chi connectivity index (χ2n) is 3.69. The molecule has 0 bridgehead atoms. The molecule has 90 valence electrons. The topological polar surface area (TPSA) is 35.5 Å². The number of nitrogens with one attached hydrogen (secondary N) is 1. The Morgan fingerprint density at radius 3 is 2.25 bits per heavy atom. The fourth-order valence-electron chi connectivity index (χ4n) is 1.73. The summed E-state index contributed by atoms with van der Waals surface area (Å²) in [5, 5.41) is 12.5. The number of rotatable bonds is 2. The molecule has 2 N–H and O–H groups in total. The minimum absolute atomic E-state index is 0.342. The van der Waals surface area contributed by atoms with Gasteiger partial charge in [0.25, 0.3) is 0 Å². The summed E-state index contributed by atoms with van der Waals surface area (Å²) in [6.45, 7) is 9.37. The van der Waals surface area contributed by atoms with Gasteiger partial charge in [-0.05, 0) is 17.7 Å². The van der Waals surface area contributed by atoms with Crippen LogP contribution in [0.3, 0.4) is 0 Å². The molecular formula is C13H22N2O. The van der Waals surface area contributed by atoms with Gasteiger partial charge in [-0.15, -0.1) is 0 Å². The maximum Gasteiger partial charge on any atom is 0.115 e. The third-order valence-corrected chi connectivity index (χ3v) is 2.55. The van der Waals surface area contributed by atoms with Gasteiger partial charge in [-0.1, -0.05) is 26.0 Å². The minimum Gasteiger partial charge on any atom is -0.508 e. The predicted molar refractivity (Wildman–Crippen MR) is 67.6 cm³/mol. The average Bonchev–Trinajstić information content (AvgIpc) is 2.36. The maximum absolute atomic E-state index is 9.14. The van der Waals surface area contributed by atoms with Crippen LogP contribution in [0.4, 0.5) is 0 Å². The molecule has 0 unspecified atom stereocenters. The van der Waals surface area contributed by atoms with E-state index in [-0.39, 0.29) is 0 Å². The normalized spacial score (nSPS) is 16.4. The SMILES string of the molecule is CC.Oc1ccc(CN2CCNCC2)cc1. The lowest BCUT2D eigenvalue weighted by Gasteiger charge is -2.27. The van der Waals surface area contributed by atoms with E-state index in [2.05, 4.69) is 10.2 Å². The zero-order valence-electron chi connectivity index (χ0n) is 10.2. The Labute approximate surface area is 98.1 Å². The largest absolute Gasteiger partial charge is 0.508 e. The standard InChI is InChI=1S/C11H16N2O.C2H6/c14-11-3-1-10(2-4-11)9-13-7-5-12-6-8-13;1-2/h1-4,12,14H,5-9H2;1-2H3. The van der Waals surface area contributed by atoms with Gasteiger partial charge in [0.05, 0.1) is 0 Å². The van der Waals surface area contributed by atoms with Crippen LogP contribution in [0.25, 0.3) is 0 Å². The number of hydrogen-bond acceptors (Lipinski definition) is 3. The van der Waals surface area contributed by atoms with Gasteiger partial charge in [0.15, 0.2) is 0 Å². The molecule has 0 amide bonds. The molecule has 1 aliphatic heterocycles. The third-order valence-electron chi connectivity index (χ3n) is 2.55. The van der Waals surface area contributed by atoms with Crippen molar-refractivity contribution in [2.75, 3.05) is 26.2 Å². The van der Waals surface area contributed by atoms with Gasteiger partial charge in [0.2, 0.25) is 0 Å². The van der Waals surface area contributed by atoms with Crippen LogP contribution in [0.5, 0.6) is 5.75 Å². The van der Waals surface area contributed by atoms with E-state index in [1.165, 1.54) is 5.56 Å². The van der Waals surface area contributed by atoms with Crippen LogP contribution in [0.1, 0.15) is 19.4 Å². The average molecular weight is 222 g/mol. The Morgan fingerprint density at radius 2 is 1.69 bits per heavy atom. The molecule has 0 aromatic heterocycles. The predicted octanol–water partition coefficient (Wildman–Crippen LogP) is 1.82. The second kappa shape index (κ2) is 7.25. The highest BCUT2D eigenvalue weighted by atomic mass is 16.3. The second-order valence-corrected chi connectivity index (χ2v) is 3.69. The lowest BCUT2D eigenvalue weighted by Crippen LogP contribution is -2.42. The van der Waals surface area contributed by atoms with Crippen LogP contribution < -0.4 is 5.32 Å². The Hall–Kier alpha value is -1.06. The van der Waals surface area contributed by atoms with Gasteiger partial charge in [0.1, 0.15) is 5.75 Å². The van der Waals surface area contributed by atoms with E-state index in [9.17, 15) is 0 Å². The minimum atomic E-state index is 0.342. The van der Waals surface area contributed by atoms with Crippen molar-refractivity contribution in [3.05, 3.63) is 29.8 Å². The third kappa shape index (κ3) is 4.21. The van der Waals surface area contributed by atoms with Gasteiger partial charge >= 0.3 is 0 Å². The molecule has 3 heteroatoms. The summed E-state index contributed by atoms with van der Waals surface area (Å²) < 4.78 is 0. The van der Waals surface area contributed by atoms with Gasteiger partial charge in [-0.25, -0.2) is 0 Å². The Morgan fingerprint density at radius 1 is 1.12 bits per heavy atom. The Balaban J connectivity index is 0.000000606. The molecule has 1 heterocycles. The van der Waals surface area contributed by atoms with Crippen molar-refractivity contribution in [1.29, 1.82) is 0 Å². The molecule has 0 spiro atoms. The number of hydrogen-bond donors (Lipinski definition) is 2. The molecule has 1 aliphatic rings. The quantitative estimate of drug-likeness (QED) is 0.801. The van der Waals surface area contributed by atoms with E-state index in [1.54, 1.807) is 12.1 Å². The summed E-state index contributed by atoms with van der Waals surface area (Å²) in [5.74, 6) is 0.342. The summed E-state index contributed by atoms with van der Waals surface area (Å²) in [7, 11) is 0. The first-order valence-corrected chi connectivity index (χ1v) is 6.05. The highest BCUT2D eigenvalue weighted by Crippen LogP contribution is 2.11. The van der Waals surface area contributed by atoms with E-state index in [0.717, 1.165) is 32.7 Å². The zero-order valence-corrected chi connectivity index (χ0v) is 10.2. The first kappa shape index (κ1) is 13.0. The smallest absolute Gasteiger partial charge is 0.115 e. The molecular weight excluding hydrogens is 200 g/mol. The molecule has 1 fully saturated rings. The summed E-state index contributed by atoms with van der Waals surface area (Å²) in [5.41, 5.74) is 1.27.